The van der Waals surface area contributed by atoms with Gasteiger partial charge in [0.15, 0.2) is 5.60 Å². The molecule has 2 N–H and O–H groups in total. The number of alkyl carbamates (subject to hydrolysis) is 1. The zero-order valence-corrected chi connectivity index (χ0v) is 21.6. The van der Waals surface area contributed by atoms with Crippen LogP contribution in [0.2, 0.25) is 10.0 Å². The van der Waals surface area contributed by atoms with E-state index in [0.29, 0.717) is 12.8 Å². The van der Waals surface area contributed by atoms with Crippen LogP contribution in [0.1, 0.15) is 52.3 Å². The minimum absolute atomic E-state index is 0.0199. The number of hydrogen-bond donors (Lipinski definition) is 2. The van der Waals surface area contributed by atoms with Gasteiger partial charge in [0.05, 0.1) is 16.8 Å². The summed E-state index contributed by atoms with van der Waals surface area (Å²) < 4.78 is 50.9. The minimum atomic E-state index is -2.75. The molecule has 1 aliphatic carbocycles. The fraction of sp³-hybridized carbons (Fsp3) is 0.458. The van der Waals surface area contributed by atoms with Gasteiger partial charge in [-0.25, -0.2) is 18.0 Å². The van der Waals surface area contributed by atoms with Crippen LogP contribution in [0, 0.1) is 5.82 Å². The predicted molar refractivity (Wildman–Crippen MR) is 129 cm³/mol. The number of benzene rings is 1. The van der Waals surface area contributed by atoms with E-state index in [4.69, 9.17) is 32.7 Å². The van der Waals surface area contributed by atoms with Gasteiger partial charge >= 0.3 is 6.09 Å². The highest BCUT2D eigenvalue weighted by atomic mass is 35.5. The quantitative estimate of drug-likeness (QED) is 0.418. The fourth-order valence-corrected chi connectivity index (χ4v) is 3.92. The van der Waals surface area contributed by atoms with Crippen molar-refractivity contribution in [2.75, 3.05) is 6.61 Å². The highest BCUT2D eigenvalue weighted by Crippen LogP contribution is 2.41. The van der Waals surface area contributed by atoms with Crippen molar-refractivity contribution in [2.45, 2.75) is 64.1 Å². The number of nitrogens with zero attached hydrogens (tertiary/aromatic N) is 1. The Balaban J connectivity index is 1.77. The molecule has 2 aromatic rings. The number of rotatable bonds is 8. The number of ether oxygens (including phenoxy) is 2. The molecule has 7 nitrogen and oxygen atoms in total. The molecule has 1 heterocycles. The van der Waals surface area contributed by atoms with Crippen molar-refractivity contribution < 1.29 is 32.2 Å². The van der Waals surface area contributed by atoms with Crippen LogP contribution in [0.15, 0.2) is 24.4 Å². The van der Waals surface area contributed by atoms with E-state index in [1.807, 2.05) is 0 Å². The molecule has 0 bridgehead atoms. The molecule has 3 rings (SSSR count). The van der Waals surface area contributed by atoms with E-state index < -0.39 is 48.0 Å². The van der Waals surface area contributed by atoms with Gasteiger partial charge in [0.25, 0.3) is 12.3 Å². The average Bonchev–Trinajstić information content (AvgIpc) is 3.51. The maximum absolute atomic E-state index is 15.1. The Kier molecular flexibility index (Phi) is 8.30. The minimum Gasteiger partial charge on any atom is -0.485 e. The van der Waals surface area contributed by atoms with Gasteiger partial charge in [0, 0.05) is 40.7 Å². The van der Waals surface area contributed by atoms with Crippen molar-refractivity contribution in [3.63, 3.8) is 0 Å². The number of amides is 2. The third kappa shape index (κ3) is 6.94. The van der Waals surface area contributed by atoms with E-state index >= 15 is 4.39 Å². The third-order valence-corrected chi connectivity index (χ3v) is 5.68. The molecular weight excluding hydrogens is 522 g/mol. The zero-order chi connectivity index (χ0) is 26.8. The summed E-state index contributed by atoms with van der Waals surface area (Å²) in [4.78, 5) is 29.0. The summed E-state index contributed by atoms with van der Waals surface area (Å²) in [6.45, 7) is 5.95. The third-order valence-electron chi connectivity index (χ3n) is 5.18. The normalized spacial score (nSPS) is 15.3. The van der Waals surface area contributed by atoms with Gasteiger partial charge in [-0.3, -0.25) is 9.78 Å². The summed E-state index contributed by atoms with van der Waals surface area (Å²) >= 11 is 12.2. The monoisotopic (exact) mass is 547 g/mol. The van der Waals surface area contributed by atoms with Crippen molar-refractivity contribution in [3.8, 4) is 16.9 Å². The van der Waals surface area contributed by atoms with Gasteiger partial charge in [0.2, 0.25) is 0 Å². The maximum Gasteiger partial charge on any atom is 0.408 e. The van der Waals surface area contributed by atoms with Gasteiger partial charge in [-0.15, -0.1) is 0 Å². The molecule has 0 aliphatic heterocycles. The second-order valence-electron chi connectivity index (χ2n) is 9.51. The predicted octanol–water partition coefficient (Wildman–Crippen LogP) is 6.07. The number of carbonyl (C=O) groups excluding carboxylic acids is 2. The molecule has 1 saturated carbocycles. The van der Waals surface area contributed by atoms with Gasteiger partial charge in [0.1, 0.15) is 18.2 Å². The number of alkyl halides is 2. The molecule has 1 atom stereocenters. The van der Waals surface area contributed by atoms with E-state index in [1.54, 1.807) is 20.8 Å². The van der Waals surface area contributed by atoms with Crippen LogP contribution in [-0.4, -0.2) is 41.2 Å². The van der Waals surface area contributed by atoms with Crippen LogP contribution in [0.4, 0.5) is 18.0 Å². The Morgan fingerprint density at radius 2 is 1.86 bits per heavy atom. The molecule has 1 fully saturated rings. The Labute approximate surface area is 216 Å². The summed E-state index contributed by atoms with van der Waals surface area (Å²) in [5, 5.41) is 5.43. The smallest absolute Gasteiger partial charge is 0.408 e. The van der Waals surface area contributed by atoms with Crippen molar-refractivity contribution in [1.29, 1.82) is 0 Å². The molecule has 36 heavy (non-hydrogen) atoms. The first kappa shape index (κ1) is 27.9. The van der Waals surface area contributed by atoms with E-state index in [-0.39, 0.29) is 32.6 Å². The van der Waals surface area contributed by atoms with Crippen molar-refractivity contribution in [3.05, 3.63) is 46.0 Å². The van der Waals surface area contributed by atoms with E-state index in [0.717, 1.165) is 6.07 Å². The molecule has 0 radical (unpaired) electrons. The van der Waals surface area contributed by atoms with Crippen molar-refractivity contribution >= 4 is 35.2 Å². The molecule has 196 valence electrons. The summed E-state index contributed by atoms with van der Waals surface area (Å²) in [6, 6.07) is 2.96. The van der Waals surface area contributed by atoms with Crippen LogP contribution in [0.5, 0.6) is 5.75 Å². The Morgan fingerprint density at radius 1 is 1.19 bits per heavy atom. The van der Waals surface area contributed by atoms with E-state index in [2.05, 4.69) is 15.6 Å². The first-order chi connectivity index (χ1) is 16.7. The maximum atomic E-state index is 15.1. The molecule has 0 saturated heterocycles. The topological polar surface area (TPSA) is 89.5 Å². The fourth-order valence-electron chi connectivity index (χ4n) is 3.38. The van der Waals surface area contributed by atoms with Crippen LogP contribution in [0.3, 0.4) is 0 Å². The van der Waals surface area contributed by atoms with Gasteiger partial charge < -0.3 is 20.1 Å². The Bertz CT molecular complexity index is 1150. The molecule has 1 aromatic carbocycles. The van der Waals surface area contributed by atoms with E-state index in [9.17, 15) is 18.4 Å². The molecular formula is C24H26Cl2F3N3O4. The molecule has 0 spiro atoms. The lowest BCUT2D eigenvalue weighted by Gasteiger charge is -2.24. The van der Waals surface area contributed by atoms with Crippen LogP contribution < -0.4 is 15.4 Å². The second-order valence-corrected chi connectivity index (χ2v) is 10.4. The summed E-state index contributed by atoms with van der Waals surface area (Å²) in [5.74, 6) is -1.42. The Hall–Kier alpha value is -2.72. The number of hydrogen-bond acceptors (Lipinski definition) is 5. The molecule has 2 amide bonds. The molecule has 0 unspecified atom stereocenters. The van der Waals surface area contributed by atoms with Crippen LogP contribution in [0.25, 0.3) is 11.1 Å². The standard InChI is InChI=1S/C24H26Cl2F3N3O4/c1-12(31-21(33)24(5-6-24)36-22(34)32-23(2,3)4)19-17(27)7-13(10-30-19)15-8-14(25)9-16(26)20(15)35-11-18(28)29/h7-10,12,18H,5-6,11H2,1-4H3,(H,31,33)(H,32,34)/t12-/m1/s1. The first-order valence-electron chi connectivity index (χ1n) is 11.1. The number of nitrogens with one attached hydrogen (secondary N) is 2. The largest absolute Gasteiger partial charge is 0.485 e. The lowest BCUT2D eigenvalue weighted by atomic mass is 10.0. The summed E-state index contributed by atoms with van der Waals surface area (Å²) in [5.41, 5.74) is -1.56. The van der Waals surface area contributed by atoms with Gasteiger partial charge in [-0.2, -0.15) is 0 Å². The molecule has 12 heteroatoms. The molecule has 1 aliphatic rings. The van der Waals surface area contributed by atoms with Crippen LogP contribution >= 0.6 is 23.2 Å². The summed E-state index contributed by atoms with van der Waals surface area (Å²) in [7, 11) is 0. The highest BCUT2D eigenvalue weighted by Gasteiger charge is 2.54. The highest BCUT2D eigenvalue weighted by molar-refractivity contribution is 6.36. The number of carbonyl (C=O) groups is 2. The number of halogens is 5. The van der Waals surface area contributed by atoms with Gasteiger partial charge in [-0.05, 0) is 45.9 Å². The lowest BCUT2D eigenvalue weighted by molar-refractivity contribution is -0.132. The average molecular weight is 548 g/mol. The van der Waals surface area contributed by atoms with Crippen molar-refractivity contribution in [2.24, 2.45) is 0 Å². The summed E-state index contributed by atoms with van der Waals surface area (Å²) in [6.07, 6.45) is -1.49. The molecule has 1 aromatic heterocycles. The van der Waals surface area contributed by atoms with E-state index in [1.165, 1.54) is 25.3 Å². The lowest BCUT2D eigenvalue weighted by Crippen LogP contribution is -2.47. The van der Waals surface area contributed by atoms with Crippen LogP contribution in [-0.2, 0) is 9.53 Å². The zero-order valence-electron chi connectivity index (χ0n) is 20.1. The second kappa shape index (κ2) is 10.7. The van der Waals surface area contributed by atoms with Gasteiger partial charge in [-0.1, -0.05) is 23.2 Å². The first-order valence-corrected chi connectivity index (χ1v) is 11.8. The Morgan fingerprint density at radius 3 is 2.42 bits per heavy atom. The SMILES string of the molecule is C[C@@H](NC(=O)C1(OC(=O)NC(C)(C)C)CC1)c1ncc(-c2cc(Cl)cc(Cl)c2OCC(F)F)cc1F. The number of pyridine rings is 1. The number of aromatic nitrogens is 1. The van der Waals surface area contributed by atoms with Crippen molar-refractivity contribution in [1.82, 2.24) is 15.6 Å².